The molecule has 1 atom stereocenters. The Labute approximate surface area is 89.5 Å². The SMILES string of the molecule is N#CCC1CNCCN1Cc1ccco1. The quantitative estimate of drug-likeness (QED) is 0.798. The summed E-state index contributed by atoms with van der Waals surface area (Å²) in [7, 11) is 0. The zero-order chi connectivity index (χ0) is 10.5. The highest BCUT2D eigenvalue weighted by Crippen LogP contribution is 2.12. The Balaban J connectivity index is 1.96. The van der Waals surface area contributed by atoms with Crippen LogP contribution in [0.25, 0.3) is 0 Å². The fraction of sp³-hybridized carbons (Fsp3) is 0.545. The first kappa shape index (κ1) is 10.2. The van der Waals surface area contributed by atoms with Gasteiger partial charge in [0.1, 0.15) is 5.76 Å². The van der Waals surface area contributed by atoms with Gasteiger partial charge in [-0.05, 0) is 12.1 Å². The van der Waals surface area contributed by atoms with Gasteiger partial charge in [0, 0.05) is 25.7 Å². The number of furan rings is 1. The Hall–Kier alpha value is -1.31. The molecule has 4 nitrogen and oxygen atoms in total. The third-order valence-corrected chi connectivity index (χ3v) is 2.74. The van der Waals surface area contributed by atoms with Crippen molar-refractivity contribution in [2.75, 3.05) is 19.6 Å². The average Bonchev–Trinajstić information content (AvgIpc) is 2.74. The van der Waals surface area contributed by atoms with Crippen molar-refractivity contribution in [2.45, 2.75) is 19.0 Å². The second kappa shape index (κ2) is 4.96. The van der Waals surface area contributed by atoms with Gasteiger partial charge in [0.25, 0.3) is 0 Å². The molecule has 0 spiro atoms. The lowest BCUT2D eigenvalue weighted by molar-refractivity contribution is 0.144. The van der Waals surface area contributed by atoms with E-state index in [1.807, 2.05) is 12.1 Å². The number of piperazine rings is 1. The highest BCUT2D eigenvalue weighted by atomic mass is 16.3. The molecular formula is C11H15N3O. The number of hydrogen-bond acceptors (Lipinski definition) is 4. The first-order valence-electron chi connectivity index (χ1n) is 5.24. The van der Waals surface area contributed by atoms with E-state index in [4.69, 9.17) is 9.68 Å². The summed E-state index contributed by atoms with van der Waals surface area (Å²) in [6.45, 7) is 3.67. The van der Waals surface area contributed by atoms with Gasteiger partial charge < -0.3 is 9.73 Å². The van der Waals surface area contributed by atoms with Gasteiger partial charge in [0.2, 0.25) is 0 Å². The van der Waals surface area contributed by atoms with Crippen LogP contribution in [0.5, 0.6) is 0 Å². The summed E-state index contributed by atoms with van der Waals surface area (Å²) in [4.78, 5) is 2.30. The summed E-state index contributed by atoms with van der Waals surface area (Å²) in [6, 6.07) is 6.43. The van der Waals surface area contributed by atoms with Gasteiger partial charge in [-0.1, -0.05) is 0 Å². The largest absolute Gasteiger partial charge is 0.468 e. The predicted octanol–water partition coefficient (Wildman–Crippen LogP) is 0.967. The van der Waals surface area contributed by atoms with Crippen LogP contribution in [-0.4, -0.2) is 30.6 Å². The Bertz CT molecular complexity index is 328. The fourth-order valence-electron chi connectivity index (χ4n) is 1.92. The Kier molecular flexibility index (Phi) is 3.38. The lowest BCUT2D eigenvalue weighted by Crippen LogP contribution is -2.50. The number of nitrogens with one attached hydrogen (secondary N) is 1. The fourth-order valence-corrected chi connectivity index (χ4v) is 1.92. The monoisotopic (exact) mass is 205 g/mol. The van der Waals surface area contributed by atoms with Gasteiger partial charge in [-0.2, -0.15) is 5.26 Å². The van der Waals surface area contributed by atoms with Crippen LogP contribution < -0.4 is 5.32 Å². The normalized spacial score (nSPS) is 22.5. The van der Waals surface area contributed by atoms with E-state index < -0.39 is 0 Å². The number of nitrogens with zero attached hydrogens (tertiary/aromatic N) is 2. The van der Waals surface area contributed by atoms with Crippen molar-refractivity contribution >= 4 is 0 Å². The lowest BCUT2D eigenvalue weighted by Gasteiger charge is -2.34. The molecule has 2 rings (SSSR count). The first-order valence-corrected chi connectivity index (χ1v) is 5.24. The van der Waals surface area contributed by atoms with E-state index in [0.29, 0.717) is 12.5 Å². The molecule has 0 aromatic carbocycles. The van der Waals surface area contributed by atoms with E-state index >= 15 is 0 Å². The molecule has 1 aliphatic heterocycles. The van der Waals surface area contributed by atoms with Crippen LogP contribution in [0.2, 0.25) is 0 Å². The van der Waals surface area contributed by atoms with Crippen molar-refractivity contribution < 1.29 is 4.42 Å². The summed E-state index contributed by atoms with van der Waals surface area (Å²) in [5.41, 5.74) is 0. The third-order valence-electron chi connectivity index (χ3n) is 2.74. The maximum absolute atomic E-state index is 8.73. The maximum Gasteiger partial charge on any atom is 0.117 e. The Morgan fingerprint density at radius 1 is 1.67 bits per heavy atom. The van der Waals surface area contributed by atoms with Crippen LogP contribution >= 0.6 is 0 Å². The molecule has 1 unspecified atom stereocenters. The Morgan fingerprint density at radius 3 is 3.33 bits per heavy atom. The number of rotatable bonds is 3. The molecule has 2 heterocycles. The van der Waals surface area contributed by atoms with Crippen LogP contribution in [0.3, 0.4) is 0 Å². The van der Waals surface area contributed by atoms with Crippen molar-refractivity contribution in [1.82, 2.24) is 10.2 Å². The summed E-state index contributed by atoms with van der Waals surface area (Å²) in [5.74, 6) is 0.972. The molecular weight excluding hydrogens is 190 g/mol. The molecule has 80 valence electrons. The van der Waals surface area contributed by atoms with Gasteiger partial charge >= 0.3 is 0 Å². The molecule has 15 heavy (non-hydrogen) atoms. The molecule has 1 aliphatic rings. The van der Waals surface area contributed by atoms with Crippen molar-refractivity contribution in [3.05, 3.63) is 24.2 Å². The zero-order valence-corrected chi connectivity index (χ0v) is 8.65. The molecule has 1 aromatic heterocycles. The molecule has 1 N–H and O–H groups in total. The van der Waals surface area contributed by atoms with E-state index in [-0.39, 0.29) is 0 Å². The number of nitriles is 1. The van der Waals surface area contributed by atoms with Gasteiger partial charge in [0.05, 0.1) is 25.3 Å². The van der Waals surface area contributed by atoms with Gasteiger partial charge in [-0.25, -0.2) is 0 Å². The van der Waals surface area contributed by atoms with Crippen LogP contribution in [-0.2, 0) is 6.54 Å². The standard InChI is InChI=1S/C11H15N3O/c12-4-3-10-8-13-5-6-14(10)9-11-2-1-7-15-11/h1-2,7,10,13H,3,5-6,8-9H2. The second-order valence-corrected chi connectivity index (χ2v) is 3.77. The van der Waals surface area contributed by atoms with Crippen LogP contribution in [0.4, 0.5) is 0 Å². The molecule has 1 aromatic rings. The Morgan fingerprint density at radius 2 is 2.60 bits per heavy atom. The summed E-state index contributed by atoms with van der Waals surface area (Å²) < 4.78 is 5.32. The molecule has 0 amide bonds. The van der Waals surface area contributed by atoms with Crippen molar-refractivity contribution in [2.24, 2.45) is 0 Å². The minimum atomic E-state index is 0.314. The summed E-state index contributed by atoms with van der Waals surface area (Å²) in [6.07, 6.45) is 2.27. The first-order chi connectivity index (χ1) is 7.40. The minimum absolute atomic E-state index is 0.314. The lowest BCUT2D eigenvalue weighted by atomic mass is 10.1. The molecule has 4 heteroatoms. The highest BCUT2D eigenvalue weighted by Gasteiger charge is 2.22. The van der Waals surface area contributed by atoms with Gasteiger partial charge in [0.15, 0.2) is 0 Å². The van der Waals surface area contributed by atoms with Gasteiger partial charge in [-0.15, -0.1) is 0 Å². The zero-order valence-electron chi connectivity index (χ0n) is 8.65. The highest BCUT2D eigenvalue weighted by molar-refractivity contribution is 4.99. The van der Waals surface area contributed by atoms with E-state index in [1.165, 1.54) is 0 Å². The molecule has 1 fully saturated rings. The molecule has 0 bridgehead atoms. The summed E-state index contributed by atoms with van der Waals surface area (Å²) >= 11 is 0. The van der Waals surface area contributed by atoms with Crippen molar-refractivity contribution in [3.63, 3.8) is 0 Å². The van der Waals surface area contributed by atoms with Crippen molar-refractivity contribution in [1.29, 1.82) is 5.26 Å². The molecule has 0 saturated carbocycles. The predicted molar refractivity (Wildman–Crippen MR) is 56.0 cm³/mol. The smallest absolute Gasteiger partial charge is 0.117 e. The van der Waals surface area contributed by atoms with E-state index in [0.717, 1.165) is 31.9 Å². The van der Waals surface area contributed by atoms with E-state index in [2.05, 4.69) is 16.3 Å². The van der Waals surface area contributed by atoms with Crippen LogP contribution in [0.15, 0.2) is 22.8 Å². The molecule has 1 saturated heterocycles. The average molecular weight is 205 g/mol. The molecule has 0 aliphatic carbocycles. The van der Waals surface area contributed by atoms with Crippen molar-refractivity contribution in [3.8, 4) is 6.07 Å². The third kappa shape index (κ3) is 2.58. The number of hydrogen-bond donors (Lipinski definition) is 1. The van der Waals surface area contributed by atoms with Gasteiger partial charge in [-0.3, -0.25) is 4.90 Å². The van der Waals surface area contributed by atoms with E-state index in [9.17, 15) is 0 Å². The van der Waals surface area contributed by atoms with Crippen LogP contribution in [0.1, 0.15) is 12.2 Å². The second-order valence-electron chi connectivity index (χ2n) is 3.77. The van der Waals surface area contributed by atoms with E-state index in [1.54, 1.807) is 6.26 Å². The topological polar surface area (TPSA) is 52.2 Å². The van der Waals surface area contributed by atoms with Crippen LogP contribution in [0, 0.1) is 11.3 Å². The molecule has 0 radical (unpaired) electrons. The summed E-state index contributed by atoms with van der Waals surface area (Å²) in [5, 5.41) is 12.0. The maximum atomic E-state index is 8.73. The minimum Gasteiger partial charge on any atom is -0.468 e.